The molecule has 0 amide bonds. The van der Waals surface area contributed by atoms with Crippen LogP contribution in [0.3, 0.4) is 0 Å². The van der Waals surface area contributed by atoms with E-state index in [0.717, 1.165) is 0 Å². The SMILES string of the molecule is O=[N+]([O-])c1ccccc1NCc1ccc(F)cc1Cl. The number of hydrogen-bond donors (Lipinski definition) is 1. The first-order valence-electron chi connectivity index (χ1n) is 5.49. The molecular weight excluding hydrogens is 271 g/mol. The lowest BCUT2D eigenvalue weighted by Gasteiger charge is -2.08. The molecule has 2 aromatic rings. The van der Waals surface area contributed by atoms with E-state index in [-0.39, 0.29) is 17.3 Å². The van der Waals surface area contributed by atoms with Gasteiger partial charge in [-0.3, -0.25) is 10.1 Å². The lowest BCUT2D eigenvalue weighted by atomic mass is 10.2. The van der Waals surface area contributed by atoms with E-state index in [2.05, 4.69) is 5.32 Å². The molecule has 0 bridgehead atoms. The van der Waals surface area contributed by atoms with Crippen molar-refractivity contribution in [3.05, 3.63) is 69.0 Å². The number of nitrogens with zero attached hydrogens (tertiary/aromatic N) is 1. The van der Waals surface area contributed by atoms with Crippen molar-refractivity contribution in [2.45, 2.75) is 6.54 Å². The fraction of sp³-hybridized carbons (Fsp3) is 0.0769. The summed E-state index contributed by atoms with van der Waals surface area (Å²) in [5.74, 6) is -0.417. The molecule has 2 aromatic carbocycles. The van der Waals surface area contributed by atoms with E-state index in [0.29, 0.717) is 11.3 Å². The summed E-state index contributed by atoms with van der Waals surface area (Å²) >= 11 is 5.88. The largest absolute Gasteiger partial charge is 0.375 e. The summed E-state index contributed by atoms with van der Waals surface area (Å²) in [6, 6.07) is 10.3. The zero-order chi connectivity index (χ0) is 13.8. The summed E-state index contributed by atoms with van der Waals surface area (Å²) in [6.07, 6.45) is 0. The fourth-order valence-corrected chi connectivity index (χ4v) is 1.87. The Morgan fingerprint density at radius 2 is 2.00 bits per heavy atom. The number of nitro groups is 1. The number of nitro benzene ring substituents is 1. The van der Waals surface area contributed by atoms with Gasteiger partial charge in [-0.05, 0) is 23.8 Å². The maximum Gasteiger partial charge on any atom is 0.292 e. The molecule has 0 unspecified atom stereocenters. The number of hydrogen-bond acceptors (Lipinski definition) is 3. The van der Waals surface area contributed by atoms with Crippen molar-refractivity contribution in [3.63, 3.8) is 0 Å². The summed E-state index contributed by atoms with van der Waals surface area (Å²) in [5, 5.41) is 14.0. The Labute approximate surface area is 114 Å². The van der Waals surface area contributed by atoms with Gasteiger partial charge in [-0.2, -0.15) is 0 Å². The molecule has 0 saturated carbocycles. The van der Waals surface area contributed by atoms with Gasteiger partial charge in [0.05, 0.1) is 4.92 Å². The zero-order valence-electron chi connectivity index (χ0n) is 9.77. The second kappa shape index (κ2) is 5.67. The van der Waals surface area contributed by atoms with Crippen molar-refractivity contribution in [3.8, 4) is 0 Å². The van der Waals surface area contributed by atoms with Crippen molar-refractivity contribution in [1.82, 2.24) is 0 Å². The van der Waals surface area contributed by atoms with Gasteiger partial charge in [-0.15, -0.1) is 0 Å². The molecule has 0 saturated heterocycles. The van der Waals surface area contributed by atoms with Gasteiger partial charge in [-0.1, -0.05) is 29.8 Å². The molecule has 0 fully saturated rings. The maximum atomic E-state index is 12.9. The van der Waals surface area contributed by atoms with Gasteiger partial charge in [-0.25, -0.2) is 4.39 Å². The fourth-order valence-electron chi connectivity index (χ4n) is 1.64. The molecule has 0 heterocycles. The molecule has 0 aromatic heterocycles. The van der Waals surface area contributed by atoms with Crippen molar-refractivity contribution in [2.24, 2.45) is 0 Å². The highest BCUT2D eigenvalue weighted by Gasteiger charge is 2.12. The molecule has 1 N–H and O–H groups in total. The molecule has 0 aliphatic heterocycles. The van der Waals surface area contributed by atoms with Crippen LogP contribution in [0.15, 0.2) is 42.5 Å². The van der Waals surface area contributed by atoms with Crippen LogP contribution < -0.4 is 5.32 Å². The monoisotopic (exact) mass is 280 g/mol. The Hall–Kier alpha value is -2.14. The predicted molar refractivity (Wildman–Crippen MR) is 71.8 cm³/mol. The molecule has 0 radical (unpaired) electrons. The molecule has 0 spiro atoms. The van der Waals surface area contributed by atoms with Crippen LogP contribution in [-0.2, 0) is 6.54 Å². The summed E-state index contributed by atoms with van der Waals surface area (Å²) in [5.41, 5.74) is 1.05. The highest BCUT2D eigenvalue weighted by Crippen LogP contribution is 2.25. The first-order chi connectivity index (χ1) is 9.08. The number of anilines is 1. The lowest BCUT2D eigenvalue weighted by Crippen LogP contribution is -2.03. The van der Waals surface area contributed by atoms with E-state index in [1.165, 1.54) is 18.2 Å². The van der Waals surface area contributed by atoms with E-state index in [9.17, 15) is 14.5 Å². The average Bonchev–Trinajstić information content (AvgIpc) is 2.38. The van der Waals surface area contributed by atoms with E-state index < -0.39 is 10.7 Å². The van der Waals surface area contributed by atoms with Crippen LogP contribution >= 0.6 is 11.6 Å². The first-order valence-corrected chi connectivity index (χ1v) is 5.87. The molecular formula is C13H10ClFN2O2. The number of para-hydroxylation sites is 2. The van der Waals surface area contributed by atoms with Crippen LogP contribution in [0, 0.1) is 15.9 Å². The standard InChI is InChI=1S/C13H10ClFN2O2/c14-11-7-10(15)6-5-9(11)8-16-12-3-1-2-4-13(12)17(18)19/h1-7,16H,8H2. The average molecular weight is 281 g/mol. The second-order valence-corrected chi connectivity index (χ2v) is 4.27. The van der Waals surface area contributed by atoms with Crippen LogP contribution in [0.2, 0.25) is 5.02 Å². The van der Waals surface area contributed by atoms with E-state index in [1.807, 2.05) is 0 Å². The summed E-state index contributed by atoms with van der Waals surface area (Å²) in [4.78, 5) is 10.4. The van der Waals surface area contributed by atoms with E-state index >= 15 is 0 Å². The third-order valence-electron chi connectivity index (χ3n) is 2.59. The normalized spacial score (nSPS) is 10.2. The van der Waals surface area contributed by atoms with Crippen molar-refractivity contribution in [1.29, 1.82) is 0 Å². The van der Waals surface area contributed by atoms with Gasteiger partial charge >= 0.3 is 0 Å². The van der Waals surface area contributed by atoms with E-state index in [4.69, 9.17) is 11.6 Å². The Morgan fingerprint density at radius 3 is 2.68 bits per heavy atom. The van der Waals surface area contributed by atoms with Crippen molar-refractivity contribution < 1.29 is 9.31 Å². The highest BCUT2D eigenvalue weighted by atomic mass is 35.5. The first kappa shape index (κ1) is 13.3. The number of halogens is 2. The second-order valence-electron chi connectivity index (χ2n) is 3.86. The molecule has 2 rings (SSSR count). The van der Waals surface area contributed by atoms with Crippen LogP contribution in [0.1, 0.15) is 5.56 Å². The van der Waals surface area contributed by atoms with Crippen LogP contribution in [0.25, 0.3) is 0 Å². The van der Waals surface area contributed by atoms with Gasteiger partial charge in [0, 0.05) is 17.6 Å². The zero-order valence-corrected chi connectivity index (χ0v) is 10.5. The molecule has 98 valence electrons. The van der Waals surface area contributed by atoms with Crippen LogP contribution in [-0.4, -0.2) is 4.92 Å². The van der Waals surface area contributed by atoms with Gasteiger partial charge in [0.1, 0.15) is 11.5 Å². The van der Waals surface area contributed by atoms with Crippen LogP contribution in [0.5, 0.6) is 0 Å². The van der Waals surface area contributed by atoms with Gasteiger partial charge in [0.2, 0.25) is 0 Å². The van der Waals surface area contributed by atoms with Crippen molar-refractivity contribution in [2.75, 3.05) is 5.32 Å². The number of benzene rings is 2. The van der Waals surface area contributed by atoms with Gasteiger partial charge in [0.15, 0.2) is 0 Å². The minimum Gasteiger partial charge on any atom is -0.375 e. The topological polar surface area (TPSA) is 55.2 Å². The molecule has 4 nitrogen and oxygen atoms in total. The minimum absolute atomic E-state index is 0.0132. The number of nitrogens with one attached hydrogen (secondary N) is 1. The molecule has 0 atom stereocenters. The van der Waals surface area contributed by atoms with Crippen molar-refractivity contribution >= 4 is 23.0 Å². The highest BCUT2D eigenvalue weighted by molar-refractivity contribution is 6.31. The Bertz CT molecular complexity index is 619. The summed E-state index contributed by atoms with van der Waals surface area (Å²) < 4.78 is 12.9. The van der Waals surface area contributed by atoms with Crippen LogP contribution in [0.4, 0.5) is 15.8 Å². The summed E-state index contributed by atoms with van der Waals surface area (Å²) in [7, 11) is 0. The van der Waals surface area contributed by atoms with Gasteiger partial charge in [0.25, 0.3) is 5.69 Å². The predicted octanol–water partition coefficient (Wildman–Crippen LogP) is 4.00. The third kappa shape index (κ3) is 3.20. The third-order valence-corrected chi connectivity index (χ3v) is 2.94. The quantitative estimate of drug-likeness (QED) is 0.680. The maximum absolute atomic E-state index is 12.9. The Morgan fingerprint density at radius 1 is 1.26 bits per heavy atom. The Kier molecular flexibility index (Phi) is 3.97. The molecule has 6 heteroatoms. The Balaban J connectivity index is 2.17. The minimum atomic E-state index is -0.464. The smallest absolute Gasteiger partial charge is 0.292 e. The van der Waals surface area contributed by atoms with E-state index in [1.54, 1.807) is 24.3 Å². The lowest BCUT2D eigenvalue weighted by molar-refractivity contribution is -0.384. The summed E-state index contributed by atoms with van der Waals surface area (Å²) in [6.45, 7) is 0.282. The molecule has 19 heavy (non-hydrogen) atoms. The number of rotatable bonds is 4. The molecule has 0 aliphatic rings. The molecule has 0 aliphatic carbocycles. The van der Waals surface area contributed by atoms with Gasteiger partial charge < -0.3 is 5.32 Å².